The van der Waals surface area contributed by atoms with E-state index in [0.717, 1.165) is 17.1 Å². The molecule has 70 heavy (non-hydrogen) atoms. The monoisotopic (exact) mass is 897 g/mol. The van der Waals surface area contributed by atoms with Gasteiger partial charge in [0.15, 0.2) is 0 Å². The summed E-state index contributed by atoms with van der Waals surface area (Å²) in [5.74, 6) is 0. The standard InChI is InChI=1S/C66H52BN3/c1-65(2,3)43-32-44(66(4,5)6)34-46(33-43)69-57-38-52-51(59(40-20-9-7-10-21-40)49-27-17-18-28-50(49)60(52)41-22-11-8-12-23-41)37-55(57)67-63-53(35-45(68)36-58(63)69)54-31-42-24-14-16-26-48(42)62-61-47-25-15-13-19-39(47)29-30-56(61)70(67)64(54)62/h7-38H,68H2,1-6H3. The van der Waals surface area contributed by atoms with Gasteiger partial charge in [-0.3, -0.25) is 0 Å². The van der Waals surface area contributed by atoms with Crippen LogP contribution in [0.4, 0.5) is 22.7 Å². The molecule has 0 bridgehead atoms. The molecule has 14 rings (SSSR count). The zero-order valence-electron chi connectivity index (χ0n) is 40.5. The van der Waals surface area contributed by atoms with Crippen molar-refractivity contribution in [3.8, 4) is 33.4 Å². The summed E-state index contributed by atoms with van der Waals surface area (Å²) in [6.45, 7) is 13.8. The van der Waals surface area contributed by atoms with E-state index in [1.54, 1.807) is 0 Å². The summed E-state index contributed by atoms with van der Waals surface area (Å²) >= 11 is 0. The average molecular weight is 898 g/mol. The first kappa shape index (κ1) is 40.9. The van der Waals surface area contributed by atoms with Crippen LogP contribution < -0.4 is 21.6 Å². The van der Waals surface area contributed by atoms with Gasteiger partial charge in [0.25, 0.3) is 0 Å². The summed E-state index contributed by atoms with van der Waals surface area (Å²) in [6, 6.07) is 73.2. The van der Waals surface area contributed by atoms with Crippen LogP contribution in [0.25, 0.3) is 98.3 Å². The number of aromatic nitrogens is 1. The van der Waals surface area contributed by atoms with E-state index >= 15 is 0 Å². The van der Waals surface area contributed by atoms with Gasteiger partial charge < -0.3 is 15.1 Å². The number of anilines is 4. The molecular weight excluding hydrogens is 846 g/mol. The van der Waals surface area contributed by atoms with Crippen LogP contribution in [0.3, 0.4) is 0 Å². The second-order valence-electron chi connectivity index (χ2n) is 21.9. The van der Waals surface area contributed by atoms with Crippen LogP contribution in [0.1, 0.15) is 52.7 Å². The van der Waals surface area contributed by atoms with Crippen molar-refractivity contribution in [2.75, 3.05) is 10.6 Å². The van der Waals surface area contributed by atoms with Gasteiger partial charge in [-0.2, -0.15) is 0 Å². The summed E-state index contributed by atoms with van der Waals surface area (Å²) in [7, 11) is 0. The maximum Gasteiger partial charge on any atom is 0.333 e. The lowest BCUT2D eigenvalue weighted by atomic mass is 9.44. The highest BCUT2D eigenvalue weighted by Crippen LogP contribution is 2.52. The molecule has 0 radical (unpaired) electrons. The lowest BCUT2D eigenvalue weighted by Gasteiger charge is -2.42. The van der Waals surface area contributed by atoms with E-state index in [2.05, 4.69) is 245 Å². The van der Waals surface area contributed by atoms with Crippen molar-refractivity contribution in [2.24, 2.45) is 0 Å². The molecule has 0 atom stereocenters. The van der Waals surface area contributed by atoms with Crippen molar-refractivity contribution < 1.29 is 0 Å². The lowest BCUT2D eigenvalue weighted by molar-refractivity contribution is 0.569. The fourth-order valence-electron chi connectivity index (χ4n) is 12.4. The minimum Gasteiger partial charge on any atom is -0.399 e. The van der Waals surface area contributed by atoms with Crippen LogP contribution in [0.5, 0.6) is 0 Å². The number of nitrogen functional groups attached to an aromatic ring is 1. The molecule has 0 saturated carbocycles. The molecular formula is C66H52BN3. The topological polar surface area (TPSA) is 34.2 Å². The van der Waals surface area contributed by atoms with Gasteiger partial charge in [-0.25, -0.2) is 0 Å². The molecule has 12 aromatic rings. The molecule has 2 N–H and O–H groups in total. The fourth-order valence-corrected chi connectivity index (χ4v) is 12.4. The van der Waals surface area contributed by atoms with Gasteiger partial charge in [-0.1, -0.05) is 193 Å². The van der Waals surface area contributed by atoms with Crippen LogP contribution in [0.15, 0.2) is 194 Å². The van der Waals surface area contributed by atoms with Gasteiger partial charge >= 0.3 is 6.85 Å². The summed E-state index contributed by atoms with van der Waals surface area (Å²) < 4.78 is 2.72. The number of nitrogens with zero attached hydrogens (tertiary/aromatic N) is 2. The molecule has 0 amide bonds. The van der Waals surface area contributed by atoms with Crippen LogP contribution in [0.2, 0.25) is 0 Å². The fraction of sp³-hybridized carbons (Fsp3) is 0.121. The third-order valence-corrected chi connectivity index (χ3v) is 15.7. The zero-order valence-corrected chi connectivity index (χ0v) is 40.5. The SMILES string of the molecule is CC(C)(C)c1cc(N2c3cc4c(-c5ccccc5)c5ccccc5c(-c5ccccc5)c4cc3B3c4c(cc(N)cc42)-c2cc4ccccc4c4c5c6ccccc6ccc5n3c24)cc(C(C)(C)C)c1. The summed E-state index contributed by atoms with van der Waals surface area (Å²) in [6.07, 6.45) is 0. The van der Waals surface area contributed by atoms with Crippen molar-refractivity contribution in [2.45, 2.75) is 52.4 Å². The molecule has 0 aliphatic carbocycles. The first-order valence-corrected chi connectivity index (χ1v) is 24.8. The number of hydrogen-bond donors (Lipinski definition) is 1. The van der Waals surface area contributed by atoms with Crippen molar-refractivity contribution >= 4 is 105 Å². The Morgan fingerprint density at radius 2 is 0.971 bits per heavy atom. The number of benzene rings is 11. The number of rotatable bonds is 3. The van der Waals surface area contributed by atoms with Gasteiger partial charge in [0.05, 0.1) is 0 Å². The molecule has 334 valence electrons. The molecule has 3 nitrogen and oxygen atoms in total. The molecule has 0 fully saturated rings. The third kappa shape index (κ3) is 5.77. The van der Waals surface area contributed by atoms with Gasteiger partial charge in [0.1, 0.15) is 0 Å². The highest BCUT2D eigenvalue weighted by molar-refractivity contribution is 6.90. The molecule has 2 aliphatic rings. The minimum absolute atomic E-state index is 0.0991. The Hall–Kier alpha value is -8.08. The largest absolute Gasteiger partial charge is 0.399 e. The van der Waals surface area contributed by atoms with Crippen molar-refractivity contribution in [3.63, 3.8) is 0 Å². The minimum atomic E-state index is -0.181. The molecule has 0 saturated heterocycles. The Bertz CT molecular complexity index is 4180. The number of fused-ring (bicyclic) bond motifs is 13. The molecule has 4 heteroatoms. The molecule has 0 unspecified atom stereocenters. The molecule has 2 aliphatic heterocycles. The van der Waals surface area contributed by atoms with Gasteiger partial charge in [-0.05, 0) is 146 Å². The maximum absolute atomic E-state index is 7.30. The second kappa shape index (κ2) is 14.5. The van der Waals surface area contributed by atoms with E-state index in [-0.39, 0.29) is 17.7 Å². The third-order valence-electron chi connectivity index (χ3n) is 15.7. The summed E-state index contributed by atoms with van der Waals surface area (Å²) in [5.41, 5.74) is 26.3. The Balaban J connectivity index is 1.23. The van der Waals surface area contributed by atoms with E-state index in [1.807, 2.05) is 0 Å². The lowest BCUT2D eigenvalue weighted by Crippen LogP contribution is -2.56. The van der Waals surface area contributed by atoms with Gasteiger partial charge in [0, 0.05) is 50.1 Å². The predicted molar refractivity (Wildman–Crippen MR) is 303 cm³/mol. The Labute approximate surface area is 409 Å². The van der Waals surface area contributed by atoms with Crippen molar-refractivity contribution in [3.05, 3.63) is 205 Å². The van der Waals surface area contributed by atoms with E-state index in [0.29, 0.717) is 0 Å². The Morgan fingerprint density at radius 1 is 0.429 bits per heavy atom. The van der Waals surface area contributed by atoms with Crippen LogP contribution in [-0.4, -0.2) is 11.3 Å². The molecule has 1 aromatic heterocycles. The zero-order chi connectivity index (χ0) is 47.4. The highest BCUT2D eigenvalue weighted by Gasteiger charge is 2.44. The van der Waals surface area contributed by atoms with Gasteiger partial charge in [-0.15, -0.1) is 0 Å². The molecule has 0 spiro atoms. The van der Waals surface area contributed by atoms with Crippen molar-refractivity contribution in [1.82, 2.24) is 4.48 Å². The second-order valence-corrected chi connectivity index (χ2v) is 21.9. The summed E-state index contributed by atoms with van der Waals surface area (Å²) in [5, 5.41) is 12.6. The van der Waals surface area contributed by atoms with E-state index in [4.69, 9.17) is 5.73 Å². The molecule has 3 heterocycles. The maximum atomic E-state index is 7.30. The first-order valence-electron chi connectivity index (χ1n) is 24.8. The highest BCUT2D eigenvalue weighted by atomic mass is 15.2. The van der Waals surface area contributed by atoms with Gasteiger partial charge in [0.2, 0.25) is 0 Å². The Morgan fingerprint density at radius 3 is 1.59 bits per heavy atom. The Kier molecular flexibility index (Phi) is 8.47. The normalized spacial score (nSPS) is 13.3. The van der Waals surface area contributed by atoms with Crippen LogP contribution in [0, 0.1) is 0 Å². The van der Waals surface area contributed by atoms with Crippen LogP contribution >= 0.6 is 0 Å². The number of nitrogens with two attached hydrogens (primary N) is 1. The van der Waals surface area contributed by atoms with Crippen LogP contribution in [-0.2, 0) is 10.8 Å². The number of hydrogen-bond acceptors (Lipinski definition) is 2. The predicted octanol–water partition coefficient (Wildman–Crippen LogP) is 16.3. The van der Waals surface area contributed by atoms with E-state index < -0.39 is 0 Å². The smallest absolute Gasteiger partial charge is 0.333 e. The summed E-state index contributed by atoms with van der Waals surface area (Å²) in [4.78, 5) is 2.58. The first-order chi connectivity index (χ1) is 33.9. The van der Waals surface area contributed by atoms with E-state index in [9.17, 15) is 0 Å². The van der Waals surface area contributed by atoms with Crippen molar-refractivity contribution in [1.29, 1.82) is 0 Å². The average Bonchev–Trinajstić information content (AvgIpc) is 3.72. The molecule has 11 aromatic carbocycles. The van der Waals surface area contributed by atoms with E-state index in [1.165, 1.54) is 126 Å². The quantitative estimate of drug-likeness (QED) is 0.109.